The Morgan fingerprint density at radius 2 is 1.84 bits per heavy atom. The molecule has 0 radical (unpaired) electrons. The molecule has 2 atom stereocenters. The lowest BCUT2D eigenvalue weighted by molar-refractivity contribution is -0.0365. The summed E-state index contributed by atoms with van der Waals surface area (Å²) in [6, 6.07) is 7.94. The van der Waals surface area contributed by atoms with Crippen LogP contribution in [0.25, 0.3) is 0 Å². The molecule has 1 saturated heterocycles. The highest BCUT2D eigenvalue weighted by Crippen LogP contribution is 2.46. The number of nitrogens with zero attached hydrogens (tertiary/aromatic N) is 1. The van der Waals surface area contributed by atoms with Crippen molar-refractivity contribution in [3.63, 3.8) is 0 Å². The SMILES string of the molecule is CO[C@@H]1CCC[C@]12CCCN(CCOc1ccc(OC(C)C)cc1)C2. The van der Waals surface area contributed by atoms with Gasteiger partial charge in [0.05, 0.1) is 12.2 Å². The standard InChI is InChI=1S/C21H33NO3/c1-17(2)25-19-9-7-18(8-10-19)24-15-14-22-13-5-12-21(16-22)11-4-6-20(21)23-3/h7-10,17,20H,4-6,11-16H2,1-3H3/t20-,21-/m1/s1. The van der Waals surface area contributed by atoms with E-state index in [0.29, 0.717) is 11.5 Å². The second-order valence-corrected chi connectivity index (χ2v) is 7.85. The fraction of sp³-hybridized carbons (Fsp3) is 0.714. The molecule has 4 heteroatoms. The van der Waals surface area contributed by atoms with E-state index in [1.807, 2.05) is 45.2 Å². The molecule has 1 aromatic rings. The Kier molecular flexibility index (Phi) is 6.24. The normalized spacial score (nSPS) is 27.1. The molecule has 25 heavy (non-hydrogen) atoms. The first-order valence-electron chi connectivity index (χ1n) is 9.76. The summed E-state index contributed by atoms with van der Waals surface area (Å²) in [6.45, 7) is 8.14. The molecule has 1 spiro atoms. The number of hydrogen-bond acceptors (Lipinski definition) is 4. The van der Waals surface area contributed by atoms with Crippen molar-refractivity contribution in [2.24, 2.45) is 5.41 Å². The number of likely N-dealkylation sites (tertiary alicyclic amines) is 1. The van der Waals surface area contributed by atoms with Gasteiger partial charge in [0.15, 0.2) is 0 Å². The van der Waals surface area contributed by atoms with E-state index in [9.17, 15) is 0 Å². The van der Waals surface area contributed by atoms with Crippen molar-refractivity contribution in [3.8, 4) is 11.5 Å². The van der Waals surface area contributed by atoms with E-state index >= 15 is 0 Å². The highest BCUT2D eigenvalue weighted by atomic mass is 16.5. The lowest BCUT2D eigenvalue weighted by Crippen LogP contribution is -2.48. The minimum atomic E-state index is 0.199. The van der Waals surface area contributed by atoms with Crippen LogP contribution in [-0.4, -0.2) is 50.5 Å². The molecule has 140 valence electrons. The Morgan fingerprint density at radius 1 is 1.12 bits per heavy atom. The van der Waals surface area contributed by atoms with Crippen LogP contribution in [0.15, 0.2) is 24.3 Å². The van der Waals surface area contributed by atoms with Gasteiger partial charge in [-0.2, -0.15) is 0 Å². The average Bonchev–Trinajstić information content (AvgIpc) is 2.98. The van der Waals surface area contributed by atoms with Gasteiger partial charge in [0.1, 0.15) is 18.1 Å². The first kappa shape index (κ1) is 18.5. The fourth-order valence-corrected chi connectivity index (χ4v) is 4.57. The van der Waals surface area contributed by atoms with Gasteiger partial charge in [0.2, 0.25) is 0 Å². The molecule has 2 aliphatic rings. The fourth-order valence-electron chi connectivity index (χ4n) is 4.57. The van der Waals surface area contributed by atoms with Gasteiger partial charge in [0, 0.05) is 25.6 Å². The summed E-state index contributed by atoms with van der Waals surface area (Å²) < 4.78 is 17.4. The molecular weight excluding hydrogens is 314 g/mol. The molecule has 1 aliphatic heterocycles. The van der Waals surface area contributed by atoms with Crippen LogP contribution in [0.3, 0.4) is 0 Å². The van der Waals surface area contributed by atoms with Crippen LogP contribution in [-0.2, 0) is 4.74 Å². The van der Waals surface area contributed by atoms with Gasteiger partial charge in [-0.3, -0.25) is 4.90 Å². The molecule has 1 heterocycles. The Hall–Kier alpha value is -1.26. The van der Waals surface area contributed by atoms with Gasteiger partial charge in [-0.05, 0) is 70.3 Å². The number of ether oxygens (including phenoxy) is 3. The van der Waals surface area contributed by atoms with Crippen LogP contribution in [0.2, 0.25) is 0 Å². The van der Waals surface area contributed by atoms with Crippen molar-refractivity contribution in [1.29, 1.82) is 0 Å². The number of benzene rings is 1. The molecule has 1 aliphatic carbocycles. The summed E-state index contributed by atoms with van der Waals surface area (Å²) in [5.74, 6) is 1.81. The number of rotatable bonds is 7. The first-order valence-corrected chi connectivity index (χ1v) is 9.76. The summed E-state index contributed by atoms with van der Waals surface area (Å²) in [5, 5.41) is 0. The highest BCUT2D eigenvalue weighted by molar-refractivity contribution is 5.31. The van der Waals surface area contributed by atoms with Gasteiger partial charge in [-0.15, -0.1) is 0 Å². The molecule has 0 unspecified atom stereocenters. The predicted octanol–water partition coefficient (Wildman–Crippen LogP) is 4.13. The zero-order valence-corrected chi connectivity index (χ0v) is 16.0. The van der Waals surface area contributed by atoms with E-state index in [1.54, 1.807) is 0 Å². The molecule has 2 fully saturated rings. The third-order valence-electron chi connectivity index (χ3n) is 5.67. The van der Waals surface area contributed by atoms with E-state index < -0.39 is 0 Å². The maximum absolute atomic E-state index is 5.94. The Bertz CT molecular complexity index is 530. The molecule has 3 rings (SSSR count). The van der Waals surface area contributed by atoms with Crippen LogP contribution in [0, 0.1) is 5.41 Å². The Labute approximate surface area is 152 Å². The average molecular weight is 347 g/mol. The predicted molar refractivity (Wildman–Crippen MR) is 100 cm³/mol. The minimum absolute atomic E-state index is 0.199. The first-order chi connectivity index (χ1) is 12.1. The second-order valence-electron chi connectivity index (χ2n) is 7.85. The van der Waals surface area contributed by atoms with Crippen LogP contribution in [0.5, 0.6) is 11.5 Å². The van der Waals surface area contributed by atoms with Crippen molar-refractivity contribution >= 4 is 0 Å². The van der Waals surface area contributed by atoms with Crippen molar-refractivity contribution in [2.75, 3.05) is 33.4 Å². The van der Waals surface area contributed by atoms with Crippen molar-refractivity contribution in [1.82, 2.24) is 4.90 Å². The van der Waals surface area contributed by atoms with Gasteiger partial charge < -0.3 is 14.2 Å². The summed E-state index contributed by atoms with van der Waals surface area (Å²) in [5.41, 5.74) is 0.392. The zero-order chi connectivity index (χ0) is 17.7. The van der Waals surface area contributed by atoms with Gasteiger partial charge in [-0.25, -0.2) is 0 Å². The zero-order valence-electron chi connectivity index (χ0n) is 16.0. The number of piperidine rings is 1. The van der Waals surface area contributed by atoms with E-state index in [4.69, 9.17) is 14.2 Å². The third kappa shape index (κ3) is 4.68. The quantitative estimate of drug-likeness (QED) is 0.742. The molecular formula is C21H33NO3. The van der Waals surface area contributed by atoms with Crippen LogP contribution < -0.4 is 9.47 Å². The van der Waals surface area contributed by atoms with Crippen molar-refractivity contribution in [2.45, 2.75) is 58.2 Å². The number of hydrogen-bond donors (Lipinski definition) is 0. The largest absolute Gasteiger partial charge is 0.492 e. The van der Waals surface area contributed by atoms with Crippen LogP contribution in [0.4, 0.5) is 0 Å². The van der Waals surface area contributed by atoms with Crippen molar-refractivity contribution < 1.29 is 14.2 Å². The lowest BCUT2D eigenvalue weighted by Gasteiger charge is -2.43. The molecule has 0 N–H and O–H groups in total. The summed E-state index contributed by atoms with van der Waals surface area (Å²) in [6.07, 6.45) is 7.11. The van der Waals surface area contributed by atoms with E-state index in [2.05, 4.69) is 4.90 Å². The Balaban J connectivity index is 1.45. The Morgan fingerprint density at radius 3 is 2.56 bits per heavy atom. The molecule has 0 aromatic heterocycles. The summed E-state index contributed by atoms with van der Waals surface area (Å²) in [4.78, 5) is 2.57. The summed E-state index contributed by atoms with van der Waals surface area (Å²) >= 11 is 0. The van der Waals surface area contributed by atoms with E-state index in [-0.39, 0.29) is 6.10 Å². The maximum atomic E-state index is 5.94. The van der Waals surface area contributed by atoms with Gasteiger partial charge in [0.25, 0.3) is 0 Å². The molecule has 4 nitrogen and oxygen atoms in total. The smallest absolute Gasteiger partial charge is 0.119 e. The maximum Gasteiger partial charge on any atom is 0.119 e. The topological polar surface area (TPSA) is 30.9 Å². The van der Waals surface area contributed by atoms with E-state index in [1.165, 1.54) is 38.6 Å². The number of methoxy groups -OCH3 is 1. The van der Waals surface area contributed by atoms with Crippen LogP contribution in [0.1, 0.15) is 46.0 Å². The van der Waals surface area contributed by atoms with Gasteiger partial charge >= 0.3 is 0 Å². The minimum Gasteiger partial charge on any atom is -0.492 e. The third-order valence-corrected chi connectivity index (χ3v) is 5.67. The highest BCUT2D eigenvalue weighted by Gasteiger charge is 2.45. The molecule has 0 bridgehead atoms. The van der Waals surface area contributed by atoms with Crippen LogP contribution >= 0.6 is 0 Å². The second kappa shape index (κ2) is 8.41. The summed E-state index contributed by atoms with van der Waals surface area (Å²) in [7, 11) is 1.88. The molecule has 1 aromatic carbocycles. The van der Waals surface area contributed by atoms with E-state index in [0.717, 1.165) is 31.2 Å². The molecule has 1 saturated carbocycles. The van der Waals surface area contributed by atoms with Gasteiger partial charge in [-0.1, -0.05) is 6.42 Å². The lowest BCUT2D eigenvalue weighted by atomic mass is 9.76. The monoisotopic (exact) mass is 347 g/mol. The van der Waals surface area contributed by atoms with Crippen molar-refractivity contribution in [3.05, 3.63) is 24.3 Å². The molecule has 0 amide bonds.